The highest BCUT2D eigenvalue weighted by Gasteiger charge is 2.57. The van der Waals surface area contributed by atoms with E-state index in [1.807, 2.05) is 18.2 Å². The first-order valence-corrected chi connectivity index (χ1v) is 13.4. The molecule has 4 atom stereocenters. The molecule has 3 aliphatic rings. The number of fused-ring (bicyclic) bond motifs is 3. The molecule has 2 aromatic rings. The number of aliphatic hydroxyl groups is 1. The predicted octanol–water partition coefficient (Wildman–Crippen LogP) is 4.78. The number of hydrogen-bond acceptors (Lipinski definition) is 7. The molecule has 2 fully saturated rings. The van der Waals surface area contributed by atoms with E-state index in [1.165, 1.54) is 29.8 Å². The molecule has 0 saturated carbocycles. The Bertz CT molecular complexity index is 1360. The lowest BCUT2D eigenvalue weighted by Crippen LogP contribution is -2.35. The van der Waals surface area contributed by atoms with Gasteiger partial charge in [0.2, 0.25) is 11.8 Å². The van der Waals surface area contributed by atoms with E-state index in [2.05, 4.69) is 6.92 Å². The Morgan fingerprint density at radius 3 is 2.64 bits per heavy atom. The van der Waals surface area contributed by atoms with E-state index >= 15 is 0 Å². The maximum atomic E-state index is 13.6. The molecule has 2 N–H and O–H groups in total. The number of allylic oxidation sites excluding steroid dienone is 1. The molecule has 2 aliphatic heterocycles. The number of phenolic OH excluding ortho intramolecular Hbond substituents is 1. The van der Waals surface area contributed by atoms with E-state index in [0.29, 0.717) is 6.42 Å². The van der Waals surface area contributed by atoms with Crippen LogP contribution in [0.3, 0.4) is 0 Å². The van der Waals surface area contributed by atoms with Crippen LogP contribution in [0.15, 0.2) is 65.3 Å². The van der Waals surface area contributed by atoms with Crippen molar-refractivity contribution in [2.75, 3.05) is 18.1 Å². The van der Waals surface area contributed by atoms with E-state index in [1.54, 1.807) is 12.1 Å². The number of nitrogens with zero attached hydrogens (tertiary/aromatic N) is 2. The van der Waals surface area contributed by atoms with Crippen molar-refractivity contribution in [2.24, 2.45) is 17.8 Å². The number of rotatable bonds is 9. The van der Waals surface area contributed by atoms with Gasteiger partial charge in [0.1, 0.15) is 5.75 Å². The highest BCUT2D eigenvalue weighted by molar-refractivity contribution is 6.22. The number of benzene rings is 2. The number of hydrogen-bond donors (Lipinski definition) is 2. The monoisotopic (exact) mass is 532 g/mol. The molecule has 9 nitrogen and oxygen atoms in total. The Hall–Kier alpha value is -3.82. The molecule has 0 bridgehead atoms. The van der Waals surface area contributed by atoms with Gasteiger partial charge in [-0.05, 0) is 49.0 Å². The predicted molar refractivity (Wildman–Crippen MR) is 145 cm³/mol. The molecule has 0 radical (unpaired) electrons. The van der Waals surface area contributed by atoms with Crippen molar-refractivity contribution < 1.29 is 29.5 Å². The summed E-state index contributed by atoms with van der Waals surface area (Å²) in [4.78, 5) is 38.8. The summed E-state index contributed by atoms with van der Waals surface area (Å²) in [6, 6.07) is 12.8. The van der Waals surface area contributed by atoms with E-state index < -0.39 is 22.7 Å². The molecule has 0 aromatic heterocycles. The number of non-ortho nitro benzene ring substituents is 1. The number of aliphatic hydroxyl groups excluding tert-OH is 1. The molecule has 2 saturated heterocycles. The number of carbonyl (C=O) groups is 2. The van der Waals surface area contributed by atoms with Gasteiger partial charge < -0.3 is 14.9 Å². The maximum Gasteiger partial charge on any atom is 0.271 e. The summed E-state index contributed by atoms with van der Waals surface area (Å²) in [6.45, 7) is 2.16. The molecule has 204 valence electrons. The van der Waals surface area contributed by atoms with Crippen molar-refractivity contribution in [3.8, 4) is 5.75 Å². The number of anilines is 1. The molecule has 0 unspecified atom stereocenters. The molecule has 9 heteroatoms. The van der Waals surface area contributed by atoms with Gasteiger partial charge in [-0.1, -0.05) is 49.3 Å². The maximum absolute atomic E-state index is 13.6. The molecule has 2 aromatic carbocycles. The Labute approximate surface area is 226 Å². The first-order chi connectivity index (χ1) is 18.8. The third kappa shape index (κ3) is 4.99. The van der Waals surface area contributed by atoms with Gasteiger partial charge in [0, 0.05) is 23.6 Å². The number of ether oxygens (including phenoxy) is 1. The zero-order valence-electron chi connectivity index (χ0n) is 21.8. The van der Waals surface area contributed by atoms with Crippen molar-refractivity contribution in [2.45, 2.75) is 45.1 Å². The highest BCUT2D eigenvalue weighted by Crippen LogP contribution is 2.50. The van der Waals surface area contributed by atoms with Gasteiger partial charge in [0.05, 0.1) is 41.8 Å². The second-order valence-corrected chi connectivity index (χ2v) is 10.4. The first kappa shape index (κ1) is 26.8. The summed E-state index contributed by atoms with van der Waals surface area (Å²) in [5.41, 5.74) is 3.59. The number of nitro benzene ring substituents is 1. The second kappa shape index (κ2) is 11.1. The van der Waals surface area contributed by atoms with Crippen molar-refractivity contribution in [3.05, 3.63) is 80.9 Å². The largest absolute Gasteiger partial charge is 0.507 e. The summed E-state index contributed by atoms with van der Waals surface area (Å²) < 4.78 is 6.20. The van der Waals surface area contributed by atoms with E-state index in [-0.39, 0.29) is 54.7 Å². The lowest BCUT2D eigenvalue weighted by atomic mass is 9.69. The van der Waals surface area contributed by atoms with Gasteiger partial charge in [-0.25, -0.2) is 4.90 Å². The number of nitro groups is 1. The van der Waals surface area contributed by atoms with Crippen molar-refractivity contribution in [1.82, 2.24) is 0 Å². The summed E-state index contributed by atoms with van der Waals surface area (Å²) in [7, 11) is 0. The van der Waals surface area contributed by atoms with Crippen LogP contribution in [-0.4, -0.2) is 46.3 Å². The first-order valence-electron chi connectivity index (χ1n) is 13.4. The molecular formula is C30H32N2O7. The Balaban J connectivity index is 1.38. The van der Waals surface area contributed by atoms with Crippen LogP contribution in [0.4, 0.5) is 11.4 Å². The third-order valence-electron chi connectivity index (χ3n) is 8.09. The molecule has 39 heavy (non-hydrogen) atoms. The summed E-state index contributed by atoms with van der Waals surface area (Å²) in [5, 5.41) is 31.7. The van der Waals surface area contributed by atoms with Gasteiger partial charge in [-0.15, -0.1) is 0 Å². The summed E-state index contributed by atoms with van der Waals surface area (Å²) >= 11 is 0. The Morgan fingerprint density at radius 2 is 1.92 bits per heavy atom. The number of aromatic hydroxyl groups is 1. The molecule has 0 spiro atoms. The van der Waals surface area contributed by atoms with Gasteiger partial charge >= 0.3 is 0 Å². The minimum atomic E-state index is -0.633. The van der Waals surface area contributed by atoms with Crippen LogP contribution in [0.25, 0.3) is 6.08 Å². The average Bonchev–Trinajstić information content (AvgIpc) is 3.46. The standard InChI is InChI=1S/C30H32N2O7/c1-2-6-18(13-19-7-3-4-10-25(19)34)11-12-26-27-20(16-33)14-23-28(24(27)17-39-26)30(36)31(29(23)35)21-8-5-9-22(15-21)32(37)38/h3-5,7-10,13,15,23-24,26,28,33-34H,2,6,11-12,14,16-17H2,1H3/b18-13+/t23-,24+,26-,28-/m1/s1. The number of phenols is 1. The van der Waals surface area contributed by atoms with E-state index in [9.17, 15) is 29.9 Å². The van der Waals surface area contributed by atoms with Crippen LogP contribution in [0, 0.1) is 27.9 Å². The third-order valence-corrected chi connectivity index (χ3v) is 8.09. The minimum absolute atomic E-state index is 0.190. The molecular weight excluding hydrogens is 500 g/mol. The second-order valence-electron chi connectivity index (χ2n) is 10.4. The molecule has 2 heterocycles. The SMILES string of the molecule is CCC/C(=C\c1ccccc1O)CC[C@H]1OC[C@H]2C1=C(CO)C[C@H]1C(=O)N(c3cccc([N+](=O)[O-])c3)C(=O)[C@H]12. The normalized spacial score (nSPS) is 24.8. The topological polar surface area (TPSA) is 130 Å². The fraction of sp³-hybridized carbons (Fsp3) is 0.400. The van der Waals surface area contributed by atoms with Crippen LogP contribution < -0.4 is 4.90 Å². The summed E-state index contributed by atoms with van der Waals surface area (Å²) in [5.74, 6) is -2.13. The number of amides is 2. The molecule has 1 aliphatic carbocycles. The van der Waals surface area contributed by atoms with E-state index in [0.717, 1.165) is 40.9 Å². The fourth-order valence-electron chi connectivity index (χ4n) is 6.36. The number of para-hydroxylation sites is 1. The van der Waals surface area contributed by atoms with Gasteiger partial charge in [-0.3, -0.25) is 19.7 Å². The fourth-order valence-corrected chi connectivity index (χ4v) is 6.36. The van der Waals surface area contributed by atoms with Crippen LogP contribution >= 0.6 is 0 Å². The quantitative estimate of drug-likeness (QED) is 0.206. The van der Waals surface area contributed by atoms with Crippen LogP contribution in [-0.2, 0) is 14.3 Å². The van der Waals surface area contributed by atoms with Crippen LogP contribution in [0.2, 0.25) is 0 Å². The number of carbonyl (C=O) groups excluding carboxylic acids is 2. The smallest absolute Gasteiger partial charge is 0.271 e. The molecule has 2 amide bonds. The minimum Gasteiger partial charge on any atom is -0.507 e. The van der Waals surface area contributed by atoms with Gasteiger partial charge in [-0.2, -0.15) is 0 Å². The lowest BCUT2D eigenvalue weighted by Gasteiger charge is -2.31. The summed E-state index contributed by atoms with van der Waals surface area (Å²) in [6.07, 6.45) is 5.19. The Kier molecular flexibility index (Phi) is 7.63. The lowest BCUT2D eigenvalue weighted by molar-refractivity contribution is -0.384. The van der Waals surface area contributed by atoms with Crippen LogP contribution in [0.1, 0.15) is 44.6 Å². The zero-order valence-corrected chi connectivity index (χ0v) is 21.8. The zero-order chi connectivity index (χ0) is 27.7. The highest BCUT2D eigenvalue weighted by atomic mass is 16.6. The van der Waals surface area contributed by atoms with Gasteiger partial charge in [0.15, 0.2) is 0 Å². The molecule has 5 rings (SSSR count). The van der Waals surface area contributed by atoms with E-state index in [4.69, 9.17) is 4.74 Å². The van der Waals surface area contributed by atoms with Crippen molar-refractivity contribution >= 4 is 29.3 Å². The average molecular weight is 533 g/mol. The van der Waals surface area contributed by atoms with Crippen molar-refractivity contribution in [1.29, 1.82) is 0 Å². The van der Waals surface area contributed by atoms with Crippen LogP contribution in [0.5, 0.6) is 5.75 Å². The van der Waals surface area contributed by atoms with Gasteiger partial charge in [0.25, 0.3) is 5.69 Å². The number of imide groups is 1. The Morgan fingerprint density at radius 1 is 1.13 bits per heavy atom. The van der Waals surface area contributed by atoms with Crippen molar-refractivity contribution in [3.63, 3.8) is 0 Å².